The maximum absolute atomic E-state index is 12.5. The standard InChI is InChI=1S/C19H25NO.C14H17NO.C7H16.C7H14.5H2/c1-5-9-14(2)12-18-13-20(19(21)15(18)3)16(4)17-10-7-6-8-11-17;1-10-9-15(14(16)11(10)2)12(3)13-7-5-4-6-8-13;2*1-4-6-7(3)5-2;;;;;/h6-8,10-12,16H,5,9,13H2,1-4H3;4-8,12H,9H2,1-3H3;7H,4-6H2,1-3H3;5H,4,6H2,1-3H3;5*1H/b;;;7-5+;;;;;/i;;;;3*1+1D;2*1+1. The molecule has 4 rings (SSSR count). The smallest absolute Gasteiger partial charge is 0.250 e. The molecule has 0 aromatic heterocycles. The third kappa shape index (κ3) is 15.2. The summed E-state index contributed by atoms with van der Waals surface area (Å²) in [5.41, 5.74) is 9.40. The van der Waals surface area contributed by atoms with Gasteiger partial charge in [0.1, 0.15) is 0 Å². The van der Waals surface area contributed by atoms with Gasteiger partial charge in [-0.15, -0.1) is 0 Å². The Morgan fingerprint density at radius 2 is 1.16 bits per heavy atom. The van der Waals surface area contributed by atoms with Crippen LogP contribution in [-0.2, 0) is 9.59 Å². The number of benzene rings is 2. The van der Waals surface area contributed by atoms with Gasteiger partial charge in [0.2, 0.25) is 5.91 Å². The lowest BCUT2D eigenvalue weighted by Crippen LogP contribution is -2.30. The first-order chi connectivity index (χ1) is 27.3. The molecule has 0 aliphatic carbocycles. The number of allylic oxidation sites excluding steroid dienone is 3. The monoisotopic (exact) mass is 715 g/mol. The minimum Gasteiger partial charge on any atom is -0.328 e. The van der Waals surface area contributed by atoms with Gasteiger partial charge in [-0.25, -0.2) is 0 Å². The van der Waals surface area contributed by atoms with Crippen LogP contribution in [0.2, 0.25) is 0 Å². The predicted molar refractivity (Wildman–Crippen MR) is 232 cm³/mol. The van der Waals surface area contributed by atoms with Crippen molar-refractivity contribution in [2.75, 3.05) is 13.1 Å². The van der Waals surface area contributed by atoms with E-state index in [2.05, 4.69) is 106 Å². The highest BCUT2D eigenvalue weighted by atomic mass is 16.2. The molecule has 51 heavy (non-hydrogen) atoms. The van der Waals surface area contributed by atoms with E-state index in [1.165, 1.54) is 65.5 Å². The van der Waals surface area contributed by atoms with Gasteiger partial charge in [0.05, 0.1) is 12.1 Å². The van der Waals surface area contributed by atoms with Crippen LogP contribution in [0.25, 0.3) is 0 Å². The summed E-state index contributed by atoms with van der Waals surface area (Å²) in [6.07, 6.45) is 13.2. The molecule has 2 heterocycles. The molecule has 2 aliphatic heterocycles. The van der Waals surface area contributed by atoms with E-state index in [0.717, 1.165) is 43.0 Å². The number of nitrogens with zero attached hydrogens (tertiary/aromatic N) is 2. The summed E-state index contributed by atoms with van der Waals surface area (Å²) >= 11 is 0. The highest BCUT2D eigenvalue weighted by Crippen LogP contribution is 2.30. The topological polar surface area (TPSA) is 40.6 Å². The number of rotatable bonds is 12. The first kappa shape index (κ1) is 40.1. The van der Waals surface area contributed by atoms with Gasteiger partial charge in [-0.1, -0.05) is 151 Å². The average molecular weight is 715 g/mol. The second kappa shape index (κ2) is 24.5. The van der Waals surface area contributed by atoms with E-state index < -0.39 is 0 Å². The minimum absolute atomic E-state index is 0. The van der Waals surface area contributed by atoms with Crippen molar-refractivity contribution >= 4 is 11.8 Å². The van der Waals surface area contributed by atoms with Crippen LogP contribution in [0.4, 0.5) is 0 Å². The van der Waals surface area contributed by atoms with Crippen molar-refractivity contribution < 1.29 is 21.4 Å². The summed E-state index contributed by atoms with van der Waals surface area (Å²) in [7, 11) is 0. The van der Waals surface area contributed by atoms with Crippen LogP contribution in [0.3, 0.4) is 0 Å². The van der Waals surface area contributed by atoms with Crippen molar-refractivity contribution in [1.29, 1.82) is 0 Å². The van der Waals surface area contributed by atoms with Gasteiger partial charge < -0.3 is 9.80 Å². The number of hydrogen-bond acceptors (Lipinski definition) is 2. The van der Waals surface area contributed by atoms with E-state index in [4.69, 9.17) is 8.91 Å². The predicted octanol–water partition coefficient (Wildman–Crippen LogP) is 14.4. The number of amides is 2. The molecule has 0 radical (unpaired) electrons. The van der Waals surface area contributed by atoms with Crippen LogP contribution >= 0.6 is 0 Å². The number of carbonyl (C=O) groups is 2. The maximum Gasteiger partial charge on any atom is 0.250 e. The Kier molecular flexibility index (Phi) is 19.3. The second-order valence-electron chi connectivity index (χ2n) is 14.5. The largest absolute Gasteiger partial charge is 0.328 e. The lowest BCUT2D eigenvalue weighted by atomic mass is 10.0. The molecule has 2 aliphatic rings. The molecule has 3 atom stereocenters. The second-order valence-corrected chi connectivity index (χ2v) is 14.5. The van der Waals surface area contributed by atoms with E-state index in [1.807, 2.05) is 67.0 Å². The summed E-state index contributed by atoms with van der Waals surface area (Å²) in [5, 5.41) is 0. The van der Waals surface area contributed by atoms with Crippen molar-refractivity contribution in [3.63, 3.8) is 0 Å². The fourth-order valence-corrected chi connectivity index (χ4v) is 6.17. The fourth-order valence-electron chi connectivity index (χ4n) is 6.17. The molecule has 292 valence electrons. The first-order valence-corrected chi connectivity index (χ1v) is 19.6. The molecular weight excluding hydrogens is 625 g/mol. The molecule has 0 fully saturated rings. The maximum atomic E-state index is 12.5. The SMILES string of the molecule is C/C=C(\C)CCC.CC1=C(C)C(=O)N(C(C)c2ccccc2)C1.CCCC(C)=CC1=C(C)C(=O)N(C(C)c2ccccc2)C1.CCCC(C)CC.[2HH].[2HH].[2H][2H].[2H][2H].[2H][2H]. The summed E-state index contributed by atoms with van der Waals surface area (Å²) in [6, 6.07) is 20.7. The minimum atomic E-state index is 0. The lowest BCUT2D eigenvalue weighted by Gasteiger charge is -2.25. The molecule has 0 saturated heterocycles. The normalized spacial score (nSPS) is 17.0. The Labute approximate surface area is 326 Å². The van der Waals surface area contributed by atoms with Gasteiger partial charge in [0.25, 0.3) is 5.91 Å². The van der Waals surface area contributed by atoms with E-state index in [1.54, 1.807) is 0 Å². The van der Waals surface area contributed by atoms with Gasteiger partial charge in [-0.3, -0.25) is 9.59 Å². The summed E-state index contributed by atoms with van der Waals surface area (Å²) in [4.78, 5) is 28.4. The quantitative estimate of drug-likeness (QED) is 0.205. The van der Waals surface area contributed by atoms with Gasteiger partial charge in [-0.2, -0.15) is 0 Å². The average Bonchev–Trinajstić information content (AvgIpc) is 3.68. The van der Waals surface area contributed by atoms with Crippen molar-refractivity contribution in [2.24, 2.45) is 5.92 Å². The highest BCUT2D eigenvalue weighted by molar-refractivity contribution is 5.97. The van der Waals surface area contributed by atoms with Crippen LogP contribution in [-0.4, -0.2) is 34.7 Å². The Bertz CT molecular complexity index is 1480. The molecule has 4 nitrogen and oxygen atoms in total. The van der Waals surface area contributed by atoms with Crippen molar-refractivity contribution in [2.45, 2.75) is 147 Å². The molecule has 2 amide bonds. The van der Waals surface area contributed by atoms with Crippen LogP contribution in [0.5, 0.6) is 0 Å². The van der Waals surface area contributed by atoms with Gasteiger partial charge in [-0.05, 0) is 96.4 Å². The van der Waals surface area contributed by atoms with Crippen molar-refractivity contribution in [1.82, 2.24) is 9.80 Å². The molecular formula is C47H82N2O2. The van der Waals surface area contributed by atoms with Crippen molar-refractivity contribution in [3.05, 3.63) is 117 Å². The van der Waals surface area contributed by atoms with E-state index in [9.17, 15) is 9.59 Å². The molecule has 0 bridgehead atoms. The third-order valence-electron chi connectivity index (χ3n) is 10.2. The van der Waals surface area contributed by atoms with Crippen molar-refractivity contribution in [3.8, 4) is 0 Å². The van der Waals surface area contributed by atoms with Gasteiger partial charge in [0, 0.05) is 36.0 Å². The molecule has 0 spiro atoms. The number of hydrogen-bond donors (Lipinski definition) is 0. The molecule has 2 aromatic carbocycles. The summed E-state index contributed by atoms with van der Waals surface area (Å²) in [6.45, 7) is 29.2. The van der Waals surface area contributed by atoms with Crippen LogP contribution in [0, 0.1) is 5.92 Å². The summed E-state index contributed by atoms with van der Waals surface area (Å²) in [5.74, 6) is 1.29. The lowest BCUT2D eigenvalue weighted by molar-refractivity contribution is -0.128. The highest BCUT2D eigenvalue weighted by Gasteiger charge is 2.31. The van der Waals surface area contributed by atoms with Gasteiger partial charge >= 0.3 is 0 Å². The zero-order valence-electron chi connectivity index (χ0n) is 40.7. The van der Waals surface area contributed by atoms with Crippen LogP contribution < -0.4 is 0 Å². The van der Waals surface area contributed by atoms with Crippen LogP contribution in [0.1, 0.15) is 170 Å². The Hall–Kier alpha value is -3.66. The fraction of sp³-hybridized carbons (Fsp3) is 0.532. The van der Waals surface area contributed by atoms with Crippen LogP contribution in [0.15, 0.2) is 106 Å². The van der Waals surface area contributed by atoms with E-state index in [-0.39, 0.29) is 26.8 Å². The third-order valence-corrected chi connectivity index (χ3v) is 10.2. The Morgan fingerprint density at radius 1 is 0.706 bits per heavy atom. The molecule has 3 unspecified atom stereocenters. The summed E-state index contributed by atoms with van der Waals surface area (Å²) < 4.78 is 30.0. The molecule has 0 N–H and O–H groups in total. The Balaban J connectivity index is -0.000000226. The van der Waals surface area contributed by atoms with Gasteiger partial charge in [0.15, 0.2) is 0 Å². The number of carbonyl (C=O) groups excluding carboxylic acids is 2. The molecule has 2 aromatic rings. The van der Waals surface area contributed by atoms with E-state index in [0.29, 0.717) is 0 Å². The first-order valence-electron chi connectivity index (χ1n) is 22.6. The zero-order valence-corrected chi connectivity index (χ0v) is 34.7. The molecule has 4 heteroatoms. The Morgan fingerprint density at radius 3 is 1.51 bits per heavy atom. The molecule has 0 saturated carbocycles. The zero-order chi connectivity index (χ0) is 44.5. The van der Waals surface area contributed by atoms with E-state index >= 15 is 0 Å².